The second kappa shape index (κ2) is 13.7. The largest absolute Gasteiger partial charge is 0.380 e. The zero-order valence-electron chi connectivity index (χ0n) is 32.7. The Hall–Kier alpha value is -4.81. The van der Waals surface area contributed by atoms with E-state index < -0.39 is 5.41 Å². The molecule has 12 heteroatoms. The van der Waals surface area contributed by atoms with E-state index in [9.17, 15) is 14.4 Å². The Balaban J connectivity index is 1.02. The Bertz CT molecular complexity index is 2230. The Labute approximate surface area is 328 Å². The van der Waals surface area contributed by atoms with Crippen LogP contribution in [0.4, 0.5) is 17.2 Å². The Kier molecular flexibility index (Phi) is 8.70. The summed E-state index contributed by atoms with van der Waals surface area (Å²) in [5.74, 6) is 0.850. The summed E-state index contributed by atoms with van der Waals surface area (Å²) in [6.45, 7) is 7.58. The number of imidazole rings is 1. The van der Waals surface area contributed by atoms with Gasteiger partial charge in [-0.15, -0.1) is 0 Å². The number of amides is 3. The van der Waals surface area contributed by atoms with Crippen LogP contribution in [0.3, 0.4) is 0 Å². The van der Waals surface area contributed by atoms with Gasteiger partial charge in [0, 0.05) is 66.8 Å². The molecule has 1 spiro atoms. The molecule has 292 valence electrons. The number of fused-ring (bicyclic) bond motifs is 3. The van der Waals surface area contributed by atoms with E-state index in [-0.39, 0.29) is 29.7 Å². The molecule has 6 aliphatic rings. The number of nitrogens with one attached hydrogen (secondary N) is 2. The second-order valence-corrected chi connectivity index (χ2v) is 17.3. The van der Waals surface area contributed by atoms with Crippen molar-refractivity contribution in [2.45, 2.75) is 101 Å². The number of carbonyl (C=O) groups is 3. The number of anilines is 3. The normalized spacial score (nSPS) is 24.9. The topological polar surface area (TPSA) is 125 Å². The molecule has 10 rings (SSSR count). The summed E-state index contributed by atoms with van der Waals surface area (Å²) in [5.41, 5.74) is 7.19. The second-order valence-electron chi connectivity index (χ2n) is 17.3. The van der Waals surface area contributed by atoms with Crippen LogP contribution in [0, 0.1) is 12.8 Å². The number of rotatable bonds is 8. The first-order chi connectivity index (χ1) is 27.2. The molecule has 3 amide bonds. The average Bonchev–Trinajstić information content (AvgIpc) is 3.89. The molecular formula is C44H52N8O4. The van der Waals surface area contributed by atoms with Crippen molar-refractivity contribution in [2.24, 2.45) is 5.92 Å². The van der Waals surface area contributed by atoms with Crippen LogP contribution in [-0.2, 0) is 19.7 Å². The fourth-order valence-electron chi connectivity index (χ4n) is 10.2. The number of hydrogen-bond acceptors (Lipinski definition) is 8. The average molecular weight is 757 g/mol. The van der Waals surface area contributed by atoms with Crippen LogP contribution < -0.4 is 15.5 Å². The molecule has 2 saturated carbocycles. The summed E-state index contributed by atoms with van der Waals surface area (Å²) in [7, 11) is 1.64. The van der Waals surface area contributed by atoms with Crippen molar-refractivity contribution < 1.29 is 19.1 Å². The van der Waals surface area contributed by atoms with Gasteiger partial charge in [-0.2, -0.15) is 0 Å². The Morgan fingerprint density at radius 1 is 0.929 bits per heavy atom. The fraction of sp³-hybridized carbons (Fsp3) is 0.523. The number of benzene rings is 2. The summed E-state index contributed by atoms with van der Waals surface area (Å²) in [6.07, 6.45) is 11.1. The number of carbonyl (C=O) groups excluding carboxylic acids is 3. The van der Waals surface area contributed by atoms with Crippen LogP contribution in [0.5, 0.6) is 0 Å². The molecule has 2 aromatic carbocycles. The van der Waals surface area contributed by atoms with E-state index in [0.29, 0.717) is 68.7 Å². The van der Waals surface area contributed by atoms with Crippen LogP contribution in [0.2, 0.25) is 0 Å². The van der Waals surface area contributed by atoms with E-state index in [1.165, 1.54) is 19.3 Å². The van der Waals surface area contributed by atoms with Crippen molar-refractivity contribution >= 4 is 45.9 Å². The van der Waals surface area contributed by atoms with Crippen molar-refractivity contribution in [1.29, 1.82) is 0 Å². The number of aromatic nitrogens is 3. The highest BCUT2D eigenvalue weighted by molar-refractivity contribution is 6.09. The maximum absolute atomic E-state index is 15.0. The van der Waals surface area contributed by atoms with Gasteiger partial charge in [0.1, 0.15) is 5.52 Å². The predicted molar refractivity (Wildman–Crippen MR) is 215 cm³/mol. The van der Waals surface area contributed by atoms with Crippen LogP contribution in [-0.4, -0.2) is 100 Å². The summed E-state index contributed by atoms with van der Waals surface area (Å²) >= 11 is 0. The lowest BCUT2D eigenvalue weighted by molar-refractivity contribution is -0.152. The highest BCUT2D eigenvalue weighted by Crippen LogP contribution is 2.52. The number of aryl methyl sites for hydroxylation is 1. The molecule has 2 N–H and O–H groups in total. The molecule has 12 nitrogen and oxygen atoms in total. The van der Waals surface area contributed by atoms with Gasteiger partial charge in [0.05, 0.1) is 42.1 Å². The molecule has 0 radical (unpaired) electrons. The molecule has 6 heterocycles. The molecule has 3 saturated heterocycles. The van der Waals surface area contributed by atoms with Gasteiger partial charge in [-0.1, -0.05) is 24.6 Å². The van der Waals surface area contributed by atoms with E-state index in [0.717, 1.165) is 77.0 Å². The summed E-state index contributed by atoms with van der Waals surface area (Å²) in [4.78, 5) is 57.9. The number of likely N-dealkylation sites (tertiary alicyclic amines) is 2. The predicted octanol–water partition coefficient (Wildman–Crippen LogP) is 6.10. The molecule has 0 bridgehead atoms. The number of ether oxygens (including phenoxy) is 1. The molecular weight excluding hydrogens is 705 g/mol. The molecule has 56 heavy (non-hydrogen) atoms. The smallest absolute Gasteiger partial charge is 0.251 e. The van der Waals surface area contributed by atoms with Gasteiger partial charge in [0.2, 0.25) is 11.8 Å². The molecule has 2 aromatic heterocycles. The van der Waals surface area contributed by atoms with Crippen LogP contribution in [0.1, 0.15) is 92.2 Å². The lowest BCUT2D eigenvalue weighted by Gasteiger charge is -2.50. The highest BCUT2D eigenvalue weighted by atomic mass is 16.5. The quantitative estimate of drug-likeness (QED) is 0.221. The summed E-state index contributed by atoms with van der Waals surface area (Å²) in [6, 6.07) is 16.0. The number of hydrogen-bond donors (Lipinski definition) is 2. The number of pyridine rings is 1. The first-order valence-electron chi connectivity index (χ1n) is 20.8. The van der Waals surface area contributed by atoms with Gasteiger partial charge >= 0.3 is 0 Å². The van der Waals surface area contributed by atoms with Crippen molar-refractivity contribution in [1.82, 2.24) is 29.7 Å². The molecule has 4 aliphatic heterocycles. The van der Waals surface area contributed by atoms with Crippen molar-refractivity contribution in [3.05, 3.63) is 65.5 Å². The minimum atomic E-state index is -0.647. The van der Waals surface area contributed by atoms with Crippen LogP contribution in [0.25, 0.3) is 22.3 Å². The van der Waals surface area contributed by atoms with E-state index >= 15 is 0 Å². The fourth-order valence-corrected chi connectivity index (χ4v) is 10.2. The Morgan fingerprint density at radius 3 is 2.45 bits per heavy atom. The molecule has 2 aliphatic carbocycles. The minimum Gasteiger partial charge on any atom is -0.380 e. The lowest BCUT2D eigenvalue weighted by atomic mass is 9.73. The summed E-state index contributed by atoms with van der Waals surface area (Å²) in [5, 5.41) is 6.33. The zero-order chi connectivity index (χ0) is 38.3. The van der Waals surface area contributed by atoms with E-state index in [1.54, 1.807) is 7.05 Å². The SMILES string of the molecule is CNC(=O)c1cc(Nc2nc(-c3ccc4c(c3)N([C@H]3C[C@@H](N5CCCC[C@@H]5C)C3)C(=O)C43CCN(C(=O)C4COC4)CC3)cc3ncn(C4CC4)c23)ccc1C. The van der Waals surface area contributed by atoms with Crippen molar-refractivity contribution in [3.63, 3.8) is 0 Å². The lowest BCUT2D eigenvalue weighted by Crippen LogP contribution is -2.60. The van der Waals surface area contributed by atoms with Gasteiger partial charge < -0.3 is 29.7 Å². The third kappa shape index (κ3) is 5.81. The van der Waals surface area contributed by atoms with E-state index in [2.05, 4.69) is 56.2 Å². The maximum atomic E-state index is 15.0. The van der Waals surface area contributed by atoms with Gasteiger partial charge in [0.25, 0.3) is 5.91 Å². The van der Waals surface area contributed by atoms with E-state index in [1.807, 2.05) is 36.4 Å². The molecule has 5 fully saturated rings. The van der Waals surface area contributed by atoms with Crippen LogP contribution in [0.15, 0.2) is 48.8 Å². The monoisotopic (exact) mass is 756 g/mol. The first kappa shape index (κ1) is 35.6. The number of nitrogens with zero attached hydrogens (tertiary/aromatic N) is 6. The van der Waals surface area contributed by atoms with Crippen molar-refractivity contribution in [3.8, 4) is 11.3 Å². The van der Waals surface area contributed by atoms with Gasteiger partial charge in [-0.25, -0.2) is 9.97 Å². The molecule has 0 unspecified atom stereocenters. The minimum absolute atomic E-state index is 0.0532. The number of piperidine rings is 2. The van der Waals surface area contributed by atoms with Gasteiger partial charge in [-0.3, -0.25) is 19.3 Å². The Morgan fingerprint density at radius 2 is 1.73 bits per heavy atom. The van der Waals surface area contributed by atoms with Crippen molar-refractivity contribution in [2.75, 3.05) is 50.1 Å². The van der Waals surface area contributed by atoms with Crippen LogP contribution >= 0.6 is 0 Å². The highest BCUT2D eigenvalue weighted by Gasteiger charge is 2.56. The third-order valence-electron chi connectivity index (χ3n) is 13.9. The summed E-state index contributed by atoms with van der Waals surface area (Å²) < 4.78 is 7.55. The standard InChI is InChI=1S/C44H52N8O4/c1-26-7-9-30(19-34(26)41(53)45-3)47-40-39-37(46-25-51(39)31-10-11-31)22-36(48-40)28-8-12-35-38(18-28)52(33-20-32(21-33)50-15-5-4-6-27(50)2)43(55)44(35)13-16-49(17-14-44)42(54)29-23-56-24-29/h7-9,12,18-19,22,25,27,29,31-33H,4-6,10-11,13-17,20-21,23-24H2,1-3H3,(H,45,53)(H,47,48)/t27-,32-,33+/m0/s1. The van der Waals surface area contributed by atoms with E-state index in [4.69, 9.17) is 14.7 Å². The van der Waals surface area contributed by atoms with Gasteiger partial charge in [0.15, 0.2) is 5.82 Å². The zero-order valence-corrected chi connectivity index (χ0v) is 32.7. The maximum Gasteiger partial charge on any atom is 0.251 e. The first-order valence-corrected chi connectivity index (χ1v) is 20.8. The third-order valence-corrected chi connectivity index (χ3v) is 13.9. The van der Waals surface area contributed by atoms with Gasteiger partial charge in [-0.05, 0) is 107 Å². The molecule has 1 atom stereocenters. The molecule has 4 aromatic rings.